The second-order valence-electron chi connectivity index (χ2n) is 6.89. The van der Waals surface area contributed by atoms with Crippen molar-refractivity contribution in [1.82, 2.24) is 5.32 Å². The lowest BCUT2D eigenvalue weighted by Gasteiger charge is -2.24. The van der Waals surface area contributed by atoms with Crippen molar-refractivity contribution in [3.63, 3.8) is 0 Å². The van der Waals surface area contributed by atoms with Crippen LogP contribution in [0.1, 0.15) is 5.56 Å². The fraction of sp³-hybridized carbons (Fsp3) is 0.174. The second kappa shape index (κ2) is 10.5. The number of sulfonamides is 1. The van der Waals surface area contributed by atoms with E-state index in [1.807, 2.05) is 12.1 Å². The molecule has 0 unspecified atom stereocenters. The molecule has 168 valence electrons. The first-order valence-electron chi connectivity index (χ1n) is 9.73. The maximum atomic E-state index is 13.4. The average Bonchev–Trinajstić information content (AvgIpc) is 2.79. The lowest BCUT2D eigenvalue weighted by molar-refractivity contribution is -0.119. The first-order chi connectivity index (χ1) is 15.3. The summed E-state index contributed by atoms with van der Waals surface area (Å²) < 4.78 is 46.0. The van der Waals surface area contributed by atoms with Crippen molar-refractivity contribution in [2.45, 2.75) is 11.3 Å². The van der Waals surface area contributed by atoms with Gasteiger partial charge in [-0.05, 0) is 72.6 Å². The van der Waals surface area contributed by atoms with Crippen LogP contribution in [0.4, 0.5) is 10.1 Å². The van der Waals surface area contributed by atoms with Gasteiger partial charge in [-0.3, -0.25) is 9.10 Å². The van der Waals surface area contributed by atoms with Crippen LogP contribution in [-0.2, 0) is 21.2 Å². The summed E-state index contributed by atoms with van der Waals surface area (Å²) in [6, 6.07) is 18.0. The SMILES string of the molecule is COc1ccc(S(=O)(=O)N(CC(=O)NCCc2ccc(Cl)cc2)c2ccc(F)cc2)cc1. The summed E-state index contributed by atoms with van der Waals surface area (Å²) in [4.78, 5) is 12.6. The van der Waals surface area contributed by atoms with Gasteiger partial charge in [0.15, 0.2) is 0 Å². The molecule has 0 aliphatic rings. The number of nitrogens with zero attached hydrogens (tertiary/aromatic N) is 1. The van der Waals surface area contributed by atoms with Crippen LogP contribution in [-0.4, -0.2) is 34.5 Å². The molecule has 0 bridgehead atoms. The third-order valence-electron chi connectivity index (χ3n) is 4.70. The summed E-state index contributed by atoms with van der Waals surface area (Å²) in [7, 11) is -2.61. The minimum absolute atomic E-state index is 0.0170. The highest BCUT2D eigenvalue weighted by atomic mass is 35.5. The quantitative estimate of drug-likeness (QED) is 0.505. The van der Waals surface area contributed by atoms with Crippen LogP contribution < -0.4 is 14.4 Å². The van der Waals surface area contributed by atoms with Crippen LogP contribution in [0.2, 0.25) is 5.02 Å². The Morgan fingerprint density at radius 2 is 1.62 bits per heavy atom. The number of carbonyl (C=O) groups is 1. The van der Waals surface area contributed by atoms with Gasteiger partial charge in [0, 0.05) is 11.6 Å². The van der Waals surface area contributed by atoms with Crippen molar-refractivity contribution in [1.29, 1.82) is 0 Å². The van der Waals surface area contributed by atoms with Crippen LogP contribution >= 0.6 is 11.6 Å². The van der Waals surface area contributed by atoms with Gasteiger partial charge >= 0.3 is 0 Å². The summed E-state index contributed by atoms with van der Waals surface area (Å²) in [5, 5.41) is 3.35. The lowest BCUT2D eigenvalue weighted by atomic mass is 10.1. The number of nitrogens with one attached hydrogen (secondary N) is 1. The molecule has 0 aliphatic carbocycles. The van der Waals surface area contributed by atoms with E-state index in [2.05, 4.69) is 5.32 Å². The topological polar surface area (TPSA) is 75.7 Å². The van der Waals surface area contributed by atoms with E-state index in [0.717, 1.165) is 22.0 Å². The molecule has 0 saturated heterocycles. The molecule has 0 aromatic heterocycles. The first kappa shape index (κ1) is 23.6. The zero-order valence-corrected chi connectivity index (χ0v) is 18.9. The smallest absolute Gasteiger partial charge is 0.264 e. The zero-order valence-electron chi connectivity index (χ0n) is 17.3. The summed E-state index contributed by atoms with van der Waals surface area (Å²) in [6.07, 6.45) is 0.560. The first-order valence-corrected chi connectivity index (χ1v) is 11.5. The Hall–Kier alpha value is -3.10. The van der Waals surface area contributed by atoms with Gasteiger partial charge in [0.05, 0.1) is 17.7 Å². The van der Waals surface area contributed by atoms with Crippen LogP contribution in [0, 0.1) is 5.82 Å². The Balaban J connectivity index is 1.77. The summed E-state index contributed by atoms with van der Waals surface area (Å²) >= 11 is 5.87. The molecule has 9 heteroatoms. The molecule has 0 fully saturated rings. The Bertz CT molecular complexity index is 1150. The highest BCUT2D eigenvalue weighted by Crippen LogP contribution is 2.25. The summed E-state index contributed by atoms with van der Waals surface area (Å²) in [6.45, 7) is -0.138. The summed E-state index contributed by atoms with van der Waals surface area (Å²) in [5.41, 5.74) is 1.16. The molecule has 0 heterocycles. The monoisotopic (exact) mass is 476 g/mol. The predicted molar refractivity (Wildman–Crippen MR) is 122 cm³/mol. The molecule has 0 radical (unpaired) electrons. The fourth-order valence-electron chi connectivity index (χ4n) is 2.98. The van der Waals surface area contributed by atoms with Gasteiger partial charge in [-0.15, -0.1) is 0 Å². The van der Waals surface area contributed by atoms with E-state index in [1.165, 1.54) is 43.5 Å². The van der Waals surface area contributed by atoms with Gasteiger partial charge < -0.3 is 10.1 Å². The molecule has 3 aromatic rings. The molecular formula is C23H22ClFN2O4S. The van der Waals surface area contributed by atoms with Gasteiger partial charge in [0.25, 0.3) is 10.0 Å². The number of carbonyl (C=O) groups excluding carboxylic acids is 1. The molecule has 0 atom stereocenters. The number of anilines is 1. The third-order valence-corrected chi connectivity index (χ3v) is 6.74. The number of halogens is 2. The van der Waals surface area contributed by atoms with E-state index in [1.54, 1.807) is 12.1 Å². The second-order valence-corrected chi connectivity index (χ2v) is 9.19. The largest absolute Gasteiger partial charge is 0.497 e. The van der Waals surface area contributed by atoms with Crippen LogP contribution in [0.25, 0.3) is 0 Å². The molecule has 1 amide bonds. The Labute approximate surface area is 191 Å². The molecule has 3 rings (SSSR count). The molecular weight excluding hydrogens is 455 g/mol. The molecule has 6 nitrogen and oxygen atoms in total. The number of rotatable bonds is 9. The van der Waals surface area contributed by atoms with Crippen LogP contribution in [0.3, 0.4) is 0 Å². The minimum atomic E-state index is -4.09. The van der Waals surface area contributed by atoms with Crippen LogP contribution in [0.15, 0.2) is 77.7 Å². The van der Waals surface area contributed by atoms with Crippen LogP contribution in [0.5, 0.6) is 5.75 Å². The van der Waals surface area contributed by atoms with Gasteiger partial charge in [0.1, 0.15) is 18.1 Å². The van der Waals surface area contributed by atoms with Crippen molar-refractivity contribution in [2.75, 3.05) is 24.5 Å². The van der Waals surface area contributed by atoms with Crippen molar-refractivity contribution in [3.8, 4) is 5.75 Å². The van der Waals surface area contributed by atoms with E-state index < -0.39 is 28.3 Å². The Morgan fingerprint density at radius 3 is 2.22 bits per heavy atom. The standard InChI is InChI=1S/C23H22ClFN2O4S/c1-31-21-10-12-22(13-11-21)32(29,30)27(20-8-6-19(25)7-9-20)16-23(28)26-15-14-17-2-4-18(24)5-3-17/h2-13H,14-16H2,1H3,(H,26,28). The normalized spacial score (nSPS) is 11.1. The van der Waals surface area contributed by atoms with E-state index in [4.69, 9.17) is 16.3 Å². The summed E-state index contributed by atoms with van der Waals surface area (Å²) in [5.74, 6) is -0.499. The van der Waals surface area contributed by atoms with Crippen molar-refractivity contribution in [2.24, 2.45) is 0 Å². The Kier molecular flexibility index (Phi) is 7.71. The molecule has 0 spiro atoms. The molecule has 3 aromatic carbocycles. The van der Waals surface area contributed by atoms with E-state index in [-0.39, 0.29) is 10.6 Å². The minimum Gasteiger partial charge on any atom is -0.497 e. The van der Waals surface area contributed by atoms with E-state index >= 15 is 0 Å². The maximum Gasteiger partial charge on any atom is 0.264 e. The molecule has 32 heavy (non-hydrogen) atoms. The molecule has 0 saturated carbocycles. The number of amides is 1. The molecule has 1 N–H and O–H groups in total. The fourth-order valence-corrected chi connectivity index (χ4v) is 4.53. The zero-order chi connectivity index (χ0) is 23.1. The third kappa shape index (κ3) is 5.99. The van der Waals surface area contributed by atoms with Gasteiger partial charge in [-0.2, -0.15) is 0 Å². The number of ether oxygens (including phenoxy) is 1. The van der Waals surface area contributed by atoms with Crippen molar-refractivity contribution < 1.29 is 22.3 Å². The highest BCUT2D eigenvalue weighted by molar-refractivity contribution is 7.92. The predicted octanol–water partition coefficient (Wildman–Crippen LogP) is 4.04. The van der Waals surface area contributed by atoms with E-state index in [9.17, 15) is 17.6 Å². The van der Waals surface area contributed by atoms with Gasteiger partial charge in [-0.1, -0.05) is 23.7 Å². The lowest BCUT2D eigenvalue weighted by Crippen LogP contribution is -2.41. The Morgan fingerprint density at radius 1 is 1.00 bits per heavy atom. The number of methoxy groups -OCH3 is 1. The maximum absolute atomic E-state index is 13.4. The van der Waals surface area contributed by atoms with Gasteiger partial charge in [-0.25, -0.2) is 12.8 Å². The number of hydrogen-bond acceptors (Lipinski definition) is 4. The average molecular weight is 477 g/mol. The van der Waals surface area contributed by atoms with Gasteiger partial charge in [0.2, 0.25) is 5.91 Å². The van der Waals surface area contributed by atoms with Crippen molar-refractivity contribution >= 4 is 33.2 Å². The highest BCUT2D eigenvalue weighted by Gasteiger charge is 2.27. The number of hydrogen-bond donors (Lipinski definition) is 1. The van der Waals surface area contributed by atoms with Crippen molar-refractivity contribution in [3.05, 3.63) is 89.2 Å². The molecule has 0 aliphatic heterocycles. The van der Waals surface area contributed by atoms with E-state index in [0.29, 0.717) is 23.7 Å². The number of benzene rings is 3.